The van der Waals surface area contributed by atoms with Gasteiger partial charge >= 0.3 is 12.1 Å². The van der Waals surface area contributed by atoms with Crippen molar-refractivity contribution in [1.29, 1.82) is 0 Å². The Morgan fingerprint density at radius 1 is 1.33 bits per heavy atom. The molecule has 0 aliphatic carbocycles. The molecule has 1 rings (SSSR count). The minimum absolute atomic E-state index is 0.146. The second-order valence-corrected chi connectivity index (χ2v) is 5.75. The van der Waals surface area contributed by atoms with Crippen molar-refractivity contribution >= 4 is 5.97 Å². The SMILES string of the molecule is CCC(CCCN1CCC(C(F)(F)F)CC1)(NC)C(=O)O. The summed E-state index contributed by atoms with van der Waals surface area (Å²) in [6.45, 7) is 3.35. The summed E-state index contributed by atoms with van der Waals surface area (Å²) in [5.41, 5.74) is -0.926. The molecule has 21 heavy (non-hydrogen) atoms. The number of alkyl halides is 3. The number of hydrogen-bond acceptors (Lipinski definition) is 3. The van der Waals surface area contributed by atoms with E-state index in [9.17, 15) is 23.1 Å². The van der Waals surface area contributed by atoms with Crippen LogP contribution >= 0.6 is 0 Å². The summed E-state index contributed by atoms with van der Waals surface area (Å²) >= 11 is 0. The largest absolute Gasteiger partial charge is 0.480 e. The van der Waals surface area contributed by atoms with Crippen LogP contribution in [-0.2, 0) is 4.79 Å². The lowest BCUT2D eigenvalue weighted by atomic mass is 9.90. The second-order valence-electron chi connectivity index (χ2n) is 5.75. The van der Waals surface area contributed by atoms with Crippen LogP contribution in [-0.4, -0.2) is 54.4 Å². The third-order valence-electron chi connectivity index (χ3n) is 4.62. The zero-order chi connectivity index (χ0) is 16.1. The minimum Gasteiger partial charge on any atom is -0.480 e. The van der Waals surface area contributed by atoms with Crippen molar-refractivity contribution in [3.8, 4) is 0 Å². The van der Waals surface area contributed by atoms with Crippen molar-refractivity contribution < 1.29 is 23.1 Å². The molecule has 1 aliphatic heterocycles. The van der Waals surface area contributed by atoms with Crippen molar-refractivity contribution in [2.45, 2.75) is 50.7 Å². The molecule has 0 aromatic rings. The Morgan fingerprint density at radius 3 is 2.29 bits per heavy atom. The van der Waals surface area contributed by atoms with E-state index >= 15 is 0 Å². The molecule has 1 fully saturated rings. The zero-order valence-corrected chi connectivity index (χ0v) is 12.7. The van der Waals surface area contributed by atoms with E-state index in [1.807, 2.05) is 11.8 Å². The van der Waals surface area contributed by atoms with Gasteiger partial charge in [0.2, 0.25) is 0 Å². The molecule has 1 unspecified atom stereocenters. The molecule has 0 aromatic heterocycles. The van der Waals surface area contributed by atoms with E-state index in [4.69, 9.17) is 0 Å². The maximum Gasteiger partial charge on any atom is 0.391 e. The van der Waals surface area contributed by atoms with Crippen molar-refractivity contribution in [3.05, 3.63) is 0 Å². The monoisotopic (exact) mass is 310 g/mol. The molecule has 4 nitrogen and oxygen atoms in total. The second kappa shape index (κ2) is 7.45. The first kappa shape index (κ1) is 18.2. The molecule has 1 atom stereocenters. The van der Waals surface area contributed by atoms with Crippen molar-refractivity contribution in [2.24, 2.45) is 5.92 Å². The summed E-state index contributed by atoms with van der Waals surface area (Å²) in [5, 5.41) is 12.1. The third-order valence-corrected chi connectivity index (χ3v) is 4.62. The average molecular weight is 310 g/mol. The van der Waals surface area contributed by atoms with Crippen molar-refractivity contribution in [3.63, 3.8) is 0 Å². The maximum absolute atomic E-state index is 12.6. The number of carboxylic acids is 1. The predicted molar refractivity (Wildman–Crippen MR) is 74.2 cm³/mol. The highest BCUT2D eigenvalue weighted by Crippen LogP contribution is 2.34. The van der Waals surface area contributed by atoms with Crippen LogP contribution in [0.15, 0.2) is 0 Å². The van der Waals surface area contributed by atoms with E-state index in [-0.39, 0.29) is 12.8 Å². The fourth-order valence-electron chi connectivity index (χ4n) is 2.93. The van der Waals surface area contributed by atoms with Gasteiger partial charge in [0, 0.05) is 0 Å². The maximum atomic E-state index is 12.6. The highest BCUT2D eigenvalue weighted by molar-refractivity contribution is 5.78. The van der Waals surface area contributed by atoms with E-state index < -0.39 is 23.6 Å². The zero-order valence-electron chi connectivity index (χ0n) is 12.7. The highest BCUT2D eigenvalue weighted by Gasteiger charge is 2.41. The van der Waals surface area contributed by atoms with Gasteiger partial charge < -0.3 is 15.3 Å². The van der Waals surface area contributed by atoms with Crippen LogP contribution in [0.2, 0.25) is 0 Å². The van der Waals surface area contributed by atoms with E-state index in [1.165, 1.54) is 0 Å². The van der Waals surface area contributed by atoms with Crippen LogP contribution in [0.4, 0.5) is 13.2 Å². The van der Waals surface area contributed by atoms with Crippen molar-refractivity contribution in [2.75, 3.05) is 26.7 Å². The van der Waals surface area contributed by atoms with E-state index in [0.29, 0.717) is 38.9 Å². The molecule has 0 amide bonds. The number of likely N-dealkylation sites (tertiary alicyclic amines) is 1. The lowest BCUT2D eigenvalue weighted by Gasteiger charge is -2.34. The molecule has 0 saturated carbocycles. The minimum atomic E-state index is -4.08. The van der Waals surface area contributed by atoms with Gasteiger partial charge in [0.05, 0.1) is 5.92 Å². The Labute approximate surface area is 123 Å². The lowest BCUT2D eigenvalue weighted by Crippen LogP contribution is -2.50. The number of carbonyl (C=O) groups is 1. The number of nitrogens with one attached hydrogen (secondary N) is 1. The molecule has 1 heterocycles. The van der Waals surface area contributed by atoms with Gasteiger partial charge in [-0.1, -0.05) is 6.92 Å². The average Bonchev–Trinajstić information content (AvgIpc) is 2.43. The Hall–Kier alpha value is -0.820. The molecule has 0 bridgehead atoms. The predicted octanol–water partition coefficient (Wildman–Crippen LogP) is 2.49. The summed E-state index contributed by atoms with van der Waals surface area (Å²) in [7, 11) is 1.63. The quantitative estimate of drug-likeness (QED) is 0.758. The molecule has 0 spiro atoms. The first-order valence-corrected chi connectivity index (χ1v) is 7.46. The first-order chi connectivity index (χ1) is 9.75. The first-order valence-electron chi connectivity index (χ1n) is 7.46. The van der Waals surface area contributed by atoms with Gasteiger partial charge in [0.15, 0.2) is 0 Å². The fraction of sp³-hybridized carbons (Fsp3) is 0.929. The lowest BCUT2D eigenvalue weighted by molar-refractivity contribution is -0.185. The van der Waals surface area contributed by atoms with Gasteiger partial charge in [0.1, 0.15) is 5.54 Å². The van der Waals surface area contributed by atoms with Crippen LogP contribution in [0.1, 0.15) is 39.0 Å². The van der Waals surface area contributed by atoms with Gasteiger partial charge in [-0.3, -0.25) is 4.79 Å². The number of aliphatic carboxylic acids is 1. The molecule has 0 radical (unpaired) electrons. The summed E-state index contributed by atoms with van der Waals surface area (Å²) < 4.78 is 37.7. The normalized spacial score (nSPS) is 21.2. The van der Waals surface area contributed by atoms with Crippen LogP contribution in [0, 0.1) is 5.92 Å². The van der Waals surface area contributed by atoms with E-state index in [1.54, 1.807) is 7.05 Å². The molecule has 1 aliphatic rings. The van der Waals surface area contributed by atoms with Crippen LogP contribution in [0.25, 0.3) is 0 Å². The van der Waals surface area contributed by atoms with Gasteiger partial charge in [-0.2, -0.15) is 13.2 Å². The number of rotatable bonds is 7. The number of carboxylic acid groups (broad SMARTS) is 1. The van der Waals surface area contributed by atoms with Gasteiger partial charge in [-0.05, 0) is 58.8 Å². The fourth-order valence-corrected chi connectivity index (χ4v) is 2.93. The van der Waals surface area contributed by atoms with E-state index in [2.05, 4.69) is 5.32 Å². The van der Waals surface area contributed by atoms with E-state index in [0.717, 1.165) is 0 Å². The molecule has 0 aromatic carbocycles. The Morgan fingerprint density at radius 2 is 1.90 bits per heavy atom. The summed E-state index contributed by atoms with van der Waals surface area (Å²) in [6, 6.07) is 0. The molecule has 7 heteroatoms. The standard InChI is InChI=1S/C14H25F3N2O2/c1-3-13(18-2,12(20)21)7-4-8-19-9-5-11(6-10-19)14(15,16)17/h11,18H,3-10H2,1-2H3,(H,20,21). The van der Waals surface area contributed by atoms with Gasteiger partial charge in [-0.15, -0.1) is 0 Å². The molecule has 124 valence electrons. The summed E-state index contributed by atoms with van der Waals surface area (Å²) in [5.74, 6) is -2.05. The van der Waals surface area contributed by atoms with Crippen LogP contribution in [0.3, 0.4) is 0 Å². The number of hydrogen-bond donors (Lipinski definition) is 2. The number of halogens is 3. The van der Waals surface area contributed by atoms with Gasteiger partial charge in [-0.25, -0.2) is 0 Å². The van der Waals surface area contributed by atoms with Crippen LogP contribution < -0.4 is 5.32 Å². The molecule has 1 saturated heterocycles. The molecular weight excluding hydrogens is 285 g/mol. The number of piperidine rings is 1. The smallest absolute Gasteiger partial charge is 0.391 e. The third kappa shape index (κ3) is 4.85. The van der Waals surface area contributed by atoms with Crippen molar-refractivity contribution in [1.82, 2.24) is 10.2 Å². The summed E-state index contributed by atoms with van der Waals surface area (Å²) in [6.07, 6.45) is -2.17. The summed E-state index contributed by atoms with van der Waals surface area (Å²) in [4.78, 5) is 13.3. The Kier molecular flexibility index (Phi) is 6.46. The topological polar surface area (TPSA) is 52.6 Å². The van der Waals surface area contributed by atoms with Crippen LogP contribution in [0.5, 0.6) is 0 Å². The highest BCUT2D eigenvalue weighted by atomic mass is 19.4. The number of likely N-dealkylation sites (N-methyl/N-ethyl adjacent to an activating group) is 1. The van der Waals surface area contributed by atoms with Gasteiger partial charge in [0.25, 0.3) is 0 Å². The Bertz CT molecular complexity index is 336. The Balaban J connectivity index is 2.36. The molecular formula is C14H25F3N2O2. The number of nitrogens with zero attached hydrogens (tertiary/aromatic N) is 1. The molecule has 2 N–H and O–H groups in total.